The molecule has 0 amide bonds. The third kappa shape index (κ3) is 13.6. The van der Waals surface area contributed by atoms with Crippen molar-refractivity contribution in [3.63, 3.8) is 0 Å². The predicted molar refractivity (Wildman–Crippen MR) is 511 cm³/mol. The lowest BCUT2D eigenvalue weighted by molar-refractivity contribution is 0.658. The quantitative estimate of drug-likeness (QED) is 0.111. The predicted octanol–water partition coefficient (Wildman–Crippen LogP) is 29.6. The molecule has 0 saturated carbocycles. The summed E-state index contributed by atoms with van der Waals surface area (Å²) >= 11 is 0. The molecule has 25 rings (SSSR count). The van der Waals surface area contributed by atoms with Crippen LogP contribution >= 0.6 is 0 Å². The third-order valence-electron chi connectivity index (χ3n) is 23.5. The number of hydrogen-bond donors (Lipinski definition) is 0. The van der Waals surface area contributed by atoms with Crippen molar-refractivity contribution in [1.82, 2.24) is 43.1 Å². The molecule has 0 aliphatic heterocycles. The number of benzene rings is 16. The standard InChI is InChI=1S/C42H27N3O.2C36H23N3O/c1-3-12-28(13-4-1)32-16-11-17-33(26-32)36-27-35(43-41(44-36)31-14-5-2-6-15-31)29-22-24-30(25-23-29)40-34-18-7-8-19-37(34)45-38-20-9-10-21-39(38)46-42(40)45;1-3-12-24(13-4-1)29-23-30(38-35(37-29)25-14-5-2-6-15-25)26-16-11-17-27(22-26)34-28-18-7-8-19-31(28)39-32-20-9-10-21-33(32)40-36(34)39;1-3-11-24(12-4-1)29-23-30(38-35(37-29)27-13-5-2-6-14-27)25-19-21-26(22-20-25)34-28-15-7-8-16-31(28)39-32-17-9-10-18-33(32)40-36(34)39/h1-27H;2*1-23H. The van der Waals surface area contributed by atoms with Gasteiger partial charge in [0, 0.05) is 66.2 Å². The van der Waals surface area contributed by atoms with E-state index in [1.807, 2.05) is 146 Å². The van der Waals surface area contributed by atoms with Crippen molar-refractivity contribution in [3.05, 3.63) is 443 Å². The fourth-order valence-electron chi connectivity index (χ4n) is 17.5. The van der Waals surface area contributed by atoms with Crippen LogP contribution in [0.4, 0.5) is 0 Å². The molecule has 0 unspecified atom stereocenters. The zero-order valence-corrected chi connectivity index (χ0v) is 67.9. The summed E-state index contributed by atoms with van der Waals surface area (Å²) in [6.45, 7) is 0. The van der Waals surface area contributed by atoms with E-state index in [1.165, 1.54) is 10.9 Å². The second-order valence-electron chi connectivity index (χ2n) is 31.2. The first-order valence-corrected chi connectivity index (χ1v) is 42.1. The van der Waals surface area contributed by atoms with Crippen LogP contribution in [0.25, 0.3) is 229 Å². The van der Waals surface area contributed by atoms with Gasteiger partial charge in [-0.05, 0) is 113 Å². The van der Waals surface area contributed by atoms with Crippen LogP contribution in [0.3, 0.4) is 0 Å². The maximum atomic E-state index is 6.46. The molecule has 9 aromatic heterocycles. The van der Waals surface area contributed by atoms with Gasteiger partial charge in [-0.15, -0.1) is 0 Å². The average molecular weight is 1620 g/mol. The van der Waals surface area contributed by atoms with Crippen molar-refractivity contribution in [2.24, 2.45) is 0 Å². The summed E-state index contributed by atoms with van der Waals surface area (Å²) in [7, 11) is 0. The van der Waals surface area contributed by atoms with Crippen LogP contribution in [0.15, 0.2) is 456 Å². The molecule has 0 fully saturated rings. The molecule has 592 valence electrons. The Morgan fingerprint density at radius 3 is 0.706 bits per heavy atom. The number of hydrogen-bond acceptors (Lipinski definition) is 9. The molecule has 0 spiro atoms. The lowest BCUT2D eigenvalue weighted by Crippen LogP contribution is -1.96. The first-order chi connectivity index (χ1) is 62.5. The second-order valence-corrected chi connectivity index (χ2v) is 31.2. The monoisotopic (exact) mass is 1620 g/mol. The van der Waals surface area contributed by atoms with Crippen LogP contribution in [0, 0.1) is 0 Å². The maximum Gasteiger partial charge on any atom is 0.213 e. The van der Waals surface area contributed by atoms with Crippen molar-refractivity contribution in [1.29, 1.82) is 0 Å². The molecule has 126 heavy (non-hydrogen) atoms. The molecular weight excluding hydrogens is 1540 g/mol. The molecule has 0 aliphatic rings. The number of fused-ring (bicyclic) bond motifs is 15. The van der Waals surface area contributed by atoms with Crippen molar-refractivity contribution in [2.75, 3.05) is 0 Å². The van der Waals surface area contributed by atoms with E-state index in [0.717, 1.165) is 201 Å². The molecule has 0 saturated heterocycles. The van der Waals surface area contributed by atoms with E-state index >= 15 is 0 Å². The maximum absolute atomic E-state index is 6.46. The molecule has 9 heterocycles. The highest BCUT2D eigenvalue weighted by Gasteiger charge is 2.25. The fourth-order valence-corrected chi connectivity index (χ4v) is 17.5. The molecular formula is C114H73N9O3. The average Bonchev–Trinajstić information content (AvgIpc) is 1.57. The van der Waals surface area contributed by atoms with Gasteiger partial charge in [0.25, 0.3) is 0 Å². The fraction of sp³-hybridized carbons (Fsp3) is 0. The van der Waals surface area contributed by atoms with Gasteiger partial charge in [0.05, 0.1) is 84.0 Å². The number of para-hydroxylation sites is 9. The van der Waals surface area contributed by atoms with Gasteiger partial charge in [-0.1, -0.05) is 358 Å². The minimum Gasteiger partial charge on any atom is -0.438 e. The van der Waals surface area contributed by atoms with Crippen LogP contribution in [0.5, 0.6) is 0 Å². The first kappa shape index (κ1) is 73.9. The van der Waals surface area contributed by atoms with Gasteiger partial charge in [0.1, 0.15) is 0 Å². The minimum absolute atomic E-state index is 0.699. The van der Waals surface area contributed by atoms with Crippen LogP contribution in [-0.2, 0) is 0 Å². The van der Waals surface area contributed by atoms with E-state index in [2.05, 4.69) is 310 Å². The lowest BCUT2D eigenvalue weighted by atomic mass is 9.99. The lowest BCUT2D eigenvalue weighted by Gasteiger charge is -2.11. The van der Waals surface area contributed by atoms with Crippen LogP contribution in [0.2, 0.25) is 0 Å². The Kier molecular flexibility index (Phi) is 18.6. The third-order valence-corrected chi connectivity index (χ3v) is 23.5. The second kappa shape index (κ2) is 31.7. The van der Waals surface area contributed by atoms with Crippen molar-refractivity contribution < 1.29 is 13.3 Å². The Balaban J connectivity index is 0.000000109. The highest BCUT2D eigenvalue weighted by Crippen LogP contribution is 2.45. The summed E-state index contributed by atoms with van der Waals surface area (Å²) in [5.74, 6) is 2.12. The number of aromatic nitrogens is 9. The van der Waals surface area contributed by atoms with E-state index in [-0.39, 0.29) is 0 Å². The van der Waals surface area contributed by atoms with E-state index in [1.54, 1.807) is 0 Å². The summed E-state index contributed by atoms with van der Waals surface area (Å²) in [5, 5.41) is 3.48. The first-order valence-electron chi connectivity index (χ1n) is 42.1. The molecule has 0 radical (unpaired) electrons. The zero-order valence-electron chi connectivity index (χ0n) is 67.9. The van der Waals surface area contributed by atoms with E-state index < -0.39 is 0 Å². The van der Waals surface area contributed by atoms with E-state index in [0.29, 0.717) is 17.5 Å². The summed E-state index contributed by atoms with van der Waals surface area (Å²) in [6, 6.07) is 152. The largest absolute Gasteiger partial charge is 0.438 e. The van der Waals surface area contributed by atoms with Gasteiger partial charge in [0.2, 0.25) is 17.1 Å². The molecule has 12 heteroatoms. The Morgan fingerprint density at radius 1 is 0.151 bits per heavy atom. The van der Waals surface area contributed by atoms with Crippen molar-refractivity contribution in [2.45, 2.75) is 0 Å². The smallest absolute Gasteiger partial charge is 0.213 e. The Labute approximate surface area is 723 Å². The SMILES string of the molecule is c1ccc(-c2cc(-c3ccc(-c4c5ccccc5n5c4oc4ccccc45)cc3)nc(-c3ccccc3)n2)cc1.c1ccc(-c2cc(-c3cccc(-c4c5ccccc5n5c4oc4ccccc45)c3)nc(-c3ccccc3)n2)cc1.c1ccc(-c2cccc(-c3cc(-c4ccc(-c5c6ccccc6n6c5oc5ccccc56)cc4)nc(-c4ccccc4)n3)c2)cc1. The van der Waals surface area contributed by atoms with Gasteiger partial charge in [0.15, 0.2) is 34.2 Å². The van der Waals surface area contributed by atoms with Crippen LogP contribution < -0.4 is 0 Å². The molecule has 0 bridgehead atoms. The highest BCUT2D eigenvalue weighted by molar-refractivity contribution is 6.10. The van der Waals surface area contributed by atoms with E-state index in [4.69, 9.17) is 43.2 Å². The molecule has 12 nitrogen and oxygen atoms in total. The molecule has 0 N–H and O–H groups in total. The molecule has 0 atom stereocenters. The number of rotatable bonds is 13. The zero-order chi connectivity index (χ0) is 83.4. The van der Waals surface area contributed by atoms with Gasteiger partial charge in [-0.2, -0.15) is 0 Å². The molecule has 16 aromatic carbocycles. The Morgan fingerprint density at radius 2 is 0.373 bits per heavy atom. The van der Waals surface area contributed by atoms with Crippen LogP contribution in [0.1, 0.15) is 0 Å². The Hall–Kier alpha value is -17.2. The summed E-state index contributed by atoms with van der Waals surface area (Å²) in [4.78, 5) is 30.0. The van der Waals surface area contributed by atoms with E-state index in [9.17, 15) is 0 Å². The van der Waals surface area contributed by atoms with Gasteiger partial charge in [-0.3, -0.25) is 13.2 Å². The molecule has 25 aromatic rings. The number of nitrogens with zero attached hydrogens (tertiary/aromatic N) is 9. The molecule has 0 aliphatic carbocycles. The van der Waals surface area contributed by atoms with Crippen molar-refractivity contribution >= 4 is 83.1 Å². The van der Waals surface area contributed by atoms with Gasteiger partial charge >= 0.3 is 0 Å². The topological polar surface area (TPSA) is 130 Å². The minimum atomic E-state index is 0.699. The summed E-state index contributed by atoms with van der Waals surface area (Å²) in [5.41, 5.74) is 35.1. The van der Waals surface area contributed by atoms with Crippen molar-refractivity contribution in [3.8, 4) is 146 Å². The normalized spacial score (nSPS) is 11.5. The van der Waals surface area contributed by atoms with Gasteiger partial charge in [-0.25, -0.2) is 29.9 Å². The number of oxazole rings is 3. The highest BCUT2D eigenvalue weighted by atomic mass is 16.4. The Bertz CT molecular complexity index is 8250. The van der Waals surface area contributed by atoms with Gasteiger partial charge < -0.3 is 13.3 Å². The van der Waals surface area contributed by atoms with Crippen LogP contribution in [-0.4, -0.2) is 43.1 Å². The summed E-state index contributed by atoms with van der Waals surface area (Å²) in [6.07, 6.45) is 0. The summed E-state index contributed by atoms with van der Waals surface area (Å²) < 4.78 is 26.0.